The van der Waals surface area contributed by atoms with Crippen LogP contribution in [0, 0.1) is 12.3 Å². The fraction of sp³-hybridized carbons (Fsp3) is 0.333. The molecule has 72 valence electrons. The monoisotopic (exact) mass is 205 g/mol. The van der Waals surface area contributed by atoms with Crippen molar-refractivity contribution in [3.8, 4) is 12.3 Å². The third kappa shape index (κ3) is 1.77. The minimum atomic E-state index is 0.185. The van der Waals surface area contributed by atoms with Crippen LogP contribution in [0.2, 0.25) is 5.02 Å². The molecule has 0 bridgehead atoms. The van der Waals surface area contributed by atoms with Gasteiger partial charge in [0.2, 0.25) is 0 Å². The summed E-state index contributed by atoms with van der Waals surface area (Å²) in [7, 11) is 0. The van der Waals surface area contributed by atoms with Gasteiger partial charge in [-0.15, -0.1) is 6.42 Å². The van der Waals surface area contributed by atoms with Crippen LogP contribution in [0.5, 0.6) is 0 Å². The Hall–Kier alpha value is -0.970. The van der Waals surface area contributed by atoms with Crippen LogP contribution in [0.3, 0.4) is 0 Å². The van der Waals surface area contributed by atoms with Crippen molar-refractivity contribution >= 4 is 11.6 Å². The molecule has 1 unspecified atom stereocenters. The van der Waals surface area contributed by atoms with Gasteiger partial charge in [0.1, 0.15) is 0 Å². The lowest BCUT2D eigenvalue weighted by Gasteiger charge is -2.11. The van der Waals surface area contributed by atoms with Crippen LogP contribution in [-0.4, -0.2) is 13.1 Å². The Labute approximate surface area is 89.5 Å². The van der Waals surface area contributed by atoms with Crippen molar-refractivity contribution in [3.05, 3.63) is 34.3 Å². The normalized spacial score (nSPS) is 20.7. The van der Waals surface area contributed by atoms with Crippen LogP contribution in [0.1, 0.15) is 17.0 Å². The smallest absolute Gasteiger partial charge is 0.0576 e. The van der Waals surface area contributed by atoms with Crippen molar-refractivity contribution in [2.45, 2.75) is 12.3 Å². The van der Waals surface area contributed by atoms with E-state index in [9.17, 15) is 0 Å². The lowest BCUT2D eigenvalue weighted by atomic mass is 9.95. The lowest BCUT2D eigenvalue weighted by molar-refractivity contribution is 0.684. The highest BCUT2D eigenvalue weighted by molar-refractivity contribution is 6.30. The molecule has 0 amide bonds. The summed E-state index contributed by atoms with van der Waals surface area (Å²) in [6.07, 6.45) is 6.51. The number of benzene rings is 1. The van der Waals surface area contributed by atoms with E-state index in [-0.39, 0.29) is 5.92 Å². The summed E-state index contributed by atoms with van der Waals surface area (Å²) in [4.78, 5) is 0. The van der Waals surface area contributed by atoms with Gasteiger partial charge in [-0.2, -0.15) is 0 Å². The predicted molar refractivity (Wildman–Crippen MR) is 59.6 cm³/mol. The van der Waals surface area contributed by atoms with Gasteiger partial charge in [0.05, 0.1) is 5.92 Å². The Morgan fingerprint density at radius 1 is 1.50 bits per heavy atom. The van der Waals surface area contributed by atoms with Crippen molar-refractivity contribution < 1.29 is 0 Å². The number of nitrogens with one attached hydrogen (secondary N) is 1. The van der Waals surface area contributed by atoms with Crippen LogP contribution in [-0.2, 0) is 6.42 Å². The Kier molecular flexibility index (Phi) is 2.77. The largest absolute Gasteiger partial charge is 0.315 e. The highest BCUT2D eigenvalue weighted by Gasteiger charge is 2.15. The van der Waals surface area contributed by atoms with E-state index in [0.29, 0.717) is 0 Å². The third-order valence-electron chi connectivity index (χ3n) is 2.60. The molecule has 1 aromatic carbocycles. The van der Waals surface area contributed by atoms with Crippen molar-refractivity contribution in [2.24, 2.45) is 0 Å². The molecule has 1 N–H and O–H groups in total. The minimum Gasteiger partial charge on any atom is -0.315 e. The van der Waals surface area contributed by atoms with E-state index >= 15 is 0 Å². The van der Waals surface area contributed by atoms with Crippen LogP contribution < -0.4 is 5.32 Å². The zero-order valence-electron chi connectivity index (χ0n) is 7.89. The van der Waals surface area contributed by atoms with E-state index in [1.54, 1.807) is 0 Å². The van der Waals surface area contributed by atoms with E-state index in [1.807, 2.05) is 12.1 Å². The van der Waals surface area contributed by atoms with Gasteiger partial charge < -0.3 is 5.32 Å². The molecule has 0 radical (unpaired) electrons. The van der Waals surface area contributed by atoms with Gasteiger partial charge in [0.25, 0.3) is 0 Å². The standard InChI is InChI=1S/C12H12ClN/c1-2-9-8-14-6-5-10-7-11(13)3-4-12(9)10/h1,3-4,7,9,14H,5-6,8H2. The summed E-state index contributed by atoms with van der Waals surface area (Å²) in [6, 6.07) is 5.99. The minimum absolute atomic E-state index is 0.185. The Morgan fingerprint density at radius 2 is 2.36 bits per heavy atom. The van der Waals surface area contributed by atoms with Gasteiger partial charge >= 0.3 is 0 Å². The molecule has 0 saturated carbocycles. The Balaban J connectivity index is 2.45. The molecular formula is C12H12ClN. The second kappa shape index (κ2) is 4.04. The highest BCUT2D eigenvalue weighted by atomic mass is 35.5. The Morgan fingerprint density at radius 3 is 3.14 bits per heavy atom. The summed E-state index contributed by atoms with van der Waals surface area (Å²) in [6.45, 7) is 1.84. The fourth-order valence-electron chi connectivity index (χ4n) is 1.86. The zero-order chi connectivity index (χ0) is 9.97. The summed E-state index contributed by atoms with van der Waals surface area (Å²) < 4.78 is 0. The predicted octanol–water partition coefficient (Wildman–Crippen LogP) is 2.20. The number of hydrogen-bond acceptors (Lipinski definition) is 1. The molecule has 2 heteroatoms. The second-order valence-electron chi connectivity index (χ2n) is 3.52. The van der Waals surface area contributed by atoms with Gasteiger partial charge in [-0.05, 0) is 36.2 Å². The quantitative estimate of drug-likeness (QED) is 0.641. The molecule has 1 aromatic rings. The number of rotatable bonds is 0. The highest BCUT2D eigenvalue weighted by Crippen LogP contribution is 2.24. The van der Waals surface area contributed by atoms with Crippen molar-refractivity contribution in [3.63, 3.8) is 0 Å². The first-order chi connectivity index (χ1) is 6.81. The molecule has 0 saturated heterocycles. The Bertz CT molecular complexity index is 378. The van der Waals surface area contributed by atoms with Crippen molar-refractivity contribution in [1.82, 2.24) is 5.32 Å². The molecule has 1 nitrogen and oxygen atoms in total. The average Bonchev–Trinajstić information content (AvgIpc) is 2.38. The summed E-state index contributed by atoms with van der Waals surface area (Å²) in [5.74, 6) is 3.00. The van der Waals surface area contributed by atoms with Crippen LogP contribution >= 0.6 is 11.6 Å². The van der Waals surface area contributed by atoms with Crippen LogP contribution in [0.15, 0.2) is 18.2 Å². The third-order valence-corrected chi connectivity index (χ3v) is 2.84. The molecule has 1 aliphatic rings. The maximum absolute atomic E-state index is 5.95. The van der Waals surface area contributed by atoms with Crippen molar-refractivity contribution in [2.75, 3.05) is 13.1 Å². The molecule has 0 fully saturated rings. The zero-order valence-corrected chi connectivity index (χ0v) is 8.64. The SMILES string of the molecule is C#CC1CNCCc2cc(Cl)ccc21. The molecule has 1 atom stereocenters. The summed E-state index contributed by atoms with van der Waals surface area (Å²) >= 11 is 5.95. The fourth-order valence-corrected chi connectivity index (χ4v) is 2.05. The molecular weight excluding hydrogens is 194 g/mol. The van der Waals surface area contributed by atoms with Gasteiger partial charge in [-0.3, -0.25) is 0 Å². The van der Waals surface area contributed by atoms with E-state index in [4.69, 9.17) is 18.0 Å². The number of terminal acetylenes is 1. The first-order valence-corrected chi connectivity index (χ1v) is 5.14. The number of halogens is 1. The summed E-state index contributed by atoms with van der Waals surface area (Å²) in [5, 5.41) is 4.12. The van der Waals surface area contributed by atoms with E-state index in [2.05, 4.69) is 17.3 Å². The second-order valence-corrected chi connectivity index (χ2v) is 3.95. The topological polar surface area (TPSA) is 12.0 Å². The van der Waals surface area contributed by atoms with E-state index < -0.39 is 0 Å². The average molecular weight is 206 g/mol. The molecule has 1 aliphatic heterocycles. The van der Waals surface area contributed by atoms with E-state index in [0.717, 1.165) is 24.5 Å². The van der Waals surface area contributed by atoms with Crippen LogP contribution in [0.25, 0.3) is 0 Å². The first kappa shape index (κ1) is 9.58. The molecule has 0 aliphatic carbocycles. The molecule has 14 heavy (non-hydrogen) atoms. The molecule has 2 rings (SSSR count). The molecule has 0 spiro atoms. The maximum Gasteiger partial charge on any atom is 0.0576 e. The van der Waals surface area contributed by atoms with Gasteiger partial charge in [-0.1, -0.05) is 23.6 Å². The first-order valence-electron chi connectivity index (χ1n) is 4.76. The lowest BCUT2D eigenvalue weighted by Crippen LogP contribution is -2.19. The number of hydrogen-bond donors (Lipinski definition) is 1. The van der Waals surface area contributed by atoms with Gasteiger partial charge in [-0.25, -0.2) is 0 Å². The van der Waals surface area contributed by atoms with E-state index in [1.165, 1.54) is 11.1 Å². The maximum atomic E-state index is 5.95. The van der Waals surface area contributed by atoms with Crippen LogP contribution in [0.4, 0.5) is 0 Å². The molecule has 1 heterocycles. The summed E-state index contributed by atoms with van der Waals surface area (Å²) in [5.41, 5.74) is 2.53. The molecule has 0 aromatic heterocycles. The van der Waals surface area contributed by atoms with Gasteiger partial charge in [0.15, 0.2) is 0 Å². The van der Waals surface area contributed by atoms with Crippen molar-refractivity contribution in [1.29, 1.82) is 0 Å². The number of fused-ring (bicyclic) bond motifs is 1. The van der Waals surface area contributed by atoms with Gasteiger partial charge in [0, 0.05) is 11.6 Å².